The third-order valence-corrected chi connectivity index (χ3v) is 3.74. The first kappa shape index (κ1) is 14.6. The topological polar surface area (TPSA) is 20.2 Å². The lowest BCUT2D eigenvalue weighted by molar-refractivity contribution is 0.174. The number of aliphatic hydroxyl groups excluding tert-OH is 1. The molecule has 1 aromatic rings. The smallest absolute Gasteiger partial charge is 0.0800 e. The first-order valence-electron chi connectivity index (χ1n) is 6.14. The van der Waals surface area contributed by atoms with E-state index >= 15 is 0 Å². The van der Waals surface area contributed by atoms with Gasteiger partial charge in [-0.3, -0.25) is 0 Å². The second-order valence-electron chi connectivity index (χ2n) is 5.62. The minimum Gasteiger partial charge on any atom is -0.388 e. The molecule has 2 heteroatoms. The Hall–Kier alpha value is -0.470. The van der Waals surface area contributed by atoms with Crippen molar-refractivity contribution in [2.75, 3.05) is 12.0 Å². The zero-order valence-corrected chi connectivity index (χ0v) is 12.4. The predicted molar refractivity (Wildman–Crippen MR) is 77.8 cm³/mol. The van der Waals surface area contributed by atoms with Gasteiger partial charge in [-0.25, -0.2) is 0 Å². The molecule has 0 saturated carbocycles. The Balaban J connectivity index is 2.98. The largest absolute Gasteiger partial charge is 0.388 e. The molecule has 0 saturated heterocycles. The minimum absolute atomic E-state index is 0.141. The van der Waals surface area contributed by atoms with Crippen molar-refractivity contribution in [2.45, 2.75) is 45.6 Å². The maximum absolute atomic E-state index is 10.2. The Labute approximate surface area is 110 Å². The van der Waals surface area contributed by atoms with E-state index in [0.29, 0.717) is 0 Å². The molecule has 0 aliphatic carbocycles. The SMILES string of the molecule is CSCCC(O)c1cc(C(C)(C)C)ccc1C. The van der Waals surface area contributed by atoms with E-state index in [4.69, 9.17) is 0 Å². The molecule has 0 amide bonds. The Morgan fingerprint density at radius 1 is 1.29 bits per heavy atom. The van der Waals surface area contributed by atoms with Gasteiger partial charge in [-0.15, -0.1) is 0 Å². The van der Waals surface area contributed by atoms with Crippen LogP contribution in [0.1, 0.15) is 50.0 Å². The molecule has 0 fully saturated rings. The van der Waals surface area contributed by atoms with Gasteiger partial charge >= 0.3 is 0 Å². The van der Waals surface area contributed by atoms with Crippen molar-refractivity contribution in [3.8, 4) is 0 Å². The van der Waals surface area contributed by atoms with Gasteiger partial charge in [-0.1, -0.05) is 39.0 Å². The van der Waals surface area contributed by atoms with Gasteiger partial charge in [0.25, 0.3) is 0 Å². The number of rotatable bonds is 4. The van der Waals surface area contributed by atoms with Crippen molar-refractivity contribution in [1.29, 1.82) is 0 Å². The highest BCUT2D eigenvalue weighted by Crippen LogP contribution is 2.28. The molecular formula is C15H24OS. The number of thioether (sulfide) groups is 1. The Bertz CT molecular complexity index is 366. The van der Waals surface area contributed by atoms with Crippen molar-refractivity contribution in [2.24, 2.45) is 0 Å². The molecule has 1 unspecified atom stereocenters. The number of hydrogen-bond donors (Lipinski definition) is 1. The van der Waals surface area contributed by atoms with Crippen LogP contribution in [-0.2, 0) is 5.41 Å². The molecule has 0 spiro atoms. The molecule has 1 nitrogen and oxygen atoms in total. The van der Waals surface area contributed by atoms with E-state index in [0.717, 1.165) is 17.7 Å². The van der Waals surface area contributed by atoms with Crippen LogP contribution < -0.4 is 0 Å². The average Bonchev–Trinajstić information content (AvgIpc) is 2.24. The molecule has 0 heterocycles. The monoisotopic (exact) mass is 252 g/mol. The third kappa shape index (κ3) is 4.04. The van der Waals surface area contributed by atoms with Crippen LogP contribution in [0.5, 0.6) is 0 Å². The maximum Gasteiger partial charge on any atom is 0.0800 e. The highest BCUT2D eigenvalue weighted by molar-refractivity contribution is 7.98. The summed E-state index contributed by atoms with van der Waals surface area (Å²) in [6.45, 7) is 8.69. The normalized spacial score (nSPS) is 13.8. The Kier molecular flexibility index (Phi) is 5.08. The van der Waals surface area contributed by atoms with Crippen molar-refractivity contribution in [3.05, 3.63) is 34.9 Å². The summed E-state index contributed by atoms with van der Waals surface area (Å²) in [6, 6.07) is 6.46. The molecule has 1 rings (SSSR count). The lowest BCUT2D eigenvalue weighted by Gasteiger charge is -2.22. The highest BCUT2D eigenvalue weighted by atomic mass is 32.2. The summed E-state index contributed by atoms with van der Waals surface area (Å²) >= 11 is 1.78. The van der Waals surface area contributed by atoms with Crippen LogP contribution in [0.3, 0.4) is 0 Å². The first-order valence-corrected chi connectivity index (χ1v) is 7.53. The second kappa shape index (κ2) is 5.92. The van der Waals surface area contributed by atoms with Crippen molar-refractivity contribution < 1.29 is 5.11 Å². The van der Waals surface area contributed by atoms with Crippen molar-refractivity contribution >= 4 is 11.8 Å². The van der Waals surface area contributed by atoms with E-state index in [1.54, 1.807) is 11.8 Å². The summed E-state index contributed by atoms with van der Waals surface area (Å²) in [4.78, 5) is 0. The fourth-order valence-corrected chi connectivity index (χ4v) is 2.31. The summed E-state index contributed by atoms with van der Waals surface area (Å²) in [6.07, 6.45) is 2.57. The molecular weight excluding hydrogens is 228 g/mol. The van der Waals surface area contributed by atoms with Crippen LogP contribution in [-0.4, -0.2) is 17.1 Å². The van der Waals surface area contributed by atoms with Gasteiger partial charge in [0.05, 0.1) is 6.10 Å². The lowest BCUT2D eigenvalue weighted by Crippen LogP contribution is -2.13. The van der Waals surface area contributed by atoms with E-state index < -0.39 is 0 Å². The number of aryl methyl sites for hydroxylation is 1. The van der Waals surface area contributed by atoms with Gasteiger partial charge in [0, 0.05) is 0 Å². The van der Waals surface area contributed by atoms with Gasteiger partial charge in [-0.05, 0) is 47.5 Å². The van der Waals surface area contributed by atoms with Crippen LogP contribution in [0.2, 0.25) is 0 Å². The molecule has 1 atom stereocenters. The van der Waals surface area contributed by atoms with Gasteiger partial charge in [0.15, 0.2) is 0 Å². The molecule has 0 bridgehead atoms. The summed E-state index contributed by atoms with van der Waals surface area (Å²) in [7, 11) is 0. The van der Waals surface area contributed by atoms with Gasteiger partial charge < -0.3 is 5.11 Å². The van der Waals surface area contributed by atoms with Crippen LogP contribution >= 0.6 is 11.8 Å². The Morgan fingerprint density at radius 3 is 2.47 bits per heavy atom. The zero-order valence-electron chi connectivity index (χ0n) is 11.6. The summed E-state index contributed by atoms with van der Waals surface area (Å²) < 4.78 is 0. The predicted octanol–water partition coefficient (Wildman–Crippen LogP) is 4.08. The number of benzene rings is 1. The molecule has 1 aromatic carbocycles. The molecule has 0 aliphatic rings. The fourth-order valence-electron chi connectivity index (χ4n) is 1.85. The summed E-state index contributed by atoms with van der Waals surface area (Å²) in [5, 5.41) is 10.2. The summed E-state index contributed by atoms with van der Waals surface area (Å²) in [5.41, 5.74) is 3.71. The van der Waals surface area contributed by atoms with Gasteiger partial charge in [-0.2, -0.15) is 11.8 Å². The molecule has 17 heavy (non-hydrogen) atoms. The van der Waals surface area contributed by atoms with Crippen LogP contribution in [0.25, 0.3) is 0 Å². The van der Waals surface area contributed by atoms with Crippen LogP contribution in [0, 0.1) is 6.92 Å². The van der Waals surface area contributed by atoms with Gasteiger partial charge in [0.2, 0.25) is 0 Å². The van der Waals surface area contributed by atoms with E-state index in [1.807, 2.05) is 0 Å². The van der Waals surface area contributed by atoms with Crippen molar-refractivity contribution in [3.63, 3.8) is 0 Å². The molecule has 1 N–H and O–H groups in total. The quantitative estimate of drug-likeness (QED) is 0.871. The second-order valence-corrected chi connectivity index (χ2v) is 6.60. The Morgan fingerprint density at radius 2 is 1.94 bits per heavy atom. The standard InChI is InChI=1S/C15H24OS/c1-11-6-7-12(15(2,3)4)10-13(11)14(16)8-9-17-5/h6-7,10,14,16H,8-9H2,1-5H3. The number of aliphatic hydroxyl groups is 1. The number of hydrogen-bond acceptors (Lipinski definition) is 2. The highest BCUT2D eigenvalue weighted by Gasteiger charge is 2.17. The van der Waals surface area contributed by atoms with Crippen LogP contribution in [0.15, 0.2) is 18.2 Å². The van der Waals surface area contributed by atoms with E-state index in [-0.39, 0.29) is 11.5 Å². The molecule has 0 radical (unpaired) electrons. The van der Waals surface area contributed by atoms with Crippen molar-refractivity contribution in [1.82, 2.24) is 0 Å². The average molecular weight is 252 g/mol. The van der Waals surface area contributed by atoms with Crippen LogP contribution in [0.4, 0.5) is 0 Å². The van der Waals surface area contributed by atoms with E-state index in [2.05, 4.69) is 52.1 Å². The molecule has 0 aromatic heterocycles. The summed E-state index contributed by atoms with van der Waals surface area (Å²) in [5.74, 6) is 1.00. The van der Waals surface area contributed by atoms with Gasteiger partial charge in [0.1, 0.15) is 0 Å². The lowest BCUT2D eigenvalue weighted by atomic mass is 9.84. The minimum atomic E-state index is -0.329. The molecule has 0 aliphatic heterocycles. The maximum atomic E-state index is 10.2. The van der Waals surface area contributed by atoms with E-state index in [1.165, 1.54) is 11.1 Å². The molecule has 96 valence electrons. The third-order valence-electron chi connectivity index (χ3n) is 3.10. The first-order chi connectivity index (χ1) is 7.86. The van der Waals surface area contributed by atoms with E-state index in [9.17, 15) is 5.11 Å². The fraction of sp³-hybridized carbons (Fsp3) is 0.600. The zero-order chi connectivity index (χ0) is 13.1.